The molecule has 1 aromatic heterocycles. The zero-order valence-corrected chi connectivity index (χ0v) is 17.4. The fourth-order valence-corrected chi connectivity index (χ4v) is 3.47. The Morgan fingerprint density at radius 1 is 1.13 bits per heavy atom. The summed E-state index contributed by atoms with van der Waals surface area (Å²) in [6.45, 7) is 6.12. The van der Waals surface area contributed by atoms with Crippen LogP contribution in [0.25, 0.3) is 0 Å². The van der Waals surface area contributed by atoms with Gasteiger partial charge in [-0.25, -0.2) is 4.98 Å². The molecule has 1 fully saturated rings. The van der Waals surface area contributed by atoms with E-state index in [1.807, 2.05) is 38.1 Å². The molecule has 1 unspecified atom stereocenters. The predicted octanol–water partition coefficient (Wildman–Crippen LogP) is 2.23. The van der Waals surface area contributed by atoms with Gasteiger partial charge in [0.25, 0.3) is 5.91 Å². The molecular weight excluding hydrogens is 382 g/mol. The molecule has 3 rings (SSSR count). The minimum Gasteiger partial charge on any atom is -0.372 e. The number of carbonyl (C=O) groups excluding carboxylic acids is 2. The molecule has 0 radical (unpaired) electrons. The standard InChI is InChI=1S/C21H29N7O2/c1-13(2)11-17(19(23)30)26-21-24-12-16(18(22)29)20(27-21)25-14-5-7-15(8-6-14)28-9-3-4-10-28/h5-8,12-13,17H,3-4,9-11H2,1-2H3,(H2,22,29)(H2,23,30)(H2,24,25,26,27). The van der Waals surface area contributed by atoms with Crippen LogP contribution < -0.4 is 27.0 Å². The van der Waals surface area contributed by atoms with Crippen LogP contribution in [-0.2, 0) is 4.79 Å². The van der Waals surface area contributed by atoms with Gasteiger partial charge < -0.3 is 27.0 Å². The smallest absolute Gasteiger partial charge is 0.254 e. The summed E-state index contributed by atoms with van der Waals surface area (Å²) in [7, 11) is 0. The van der Waals surface area contributed by atoms with Crippen molar-refractivity contribution in [3.63, 3.8) is 0 Å². The molecule has 0 saturated carbocycles. The number of nitrogens with zero attached hydrogens (tertiary/aromatic N) is 3. The van der Waals surface area contributed by atoms with E-state index in [2.05, 4.69) is 25.5 Å². The summed E-state index contributed by atoms with van der Waals surface area (Å²) in [6.07, 6.45) is 4.30. The van der Waals surface area contributed by atoms with E-state index in [0.717, 1.165) is 24.5 Å². The van der Waals surface area contributed by atoms with Gasteiger partial charge in [0.15, 0.2) is 0 Å². The van der Waals surface area contributed by atoms with Crippen molar-refractivity contribution >= 4 is 35.0 Å². The zero-order chi connectivity index (χ0) is 21.7. The van der Waals surface area contributed by atoms with Crippen LogP contribution in [0.4, 0.5) is 23.1 Å². The molecule has 0 aliphatic carbocycles. The molecule has 1 atom stereocenters. The molecule has 1 aromatic carbocycles. The first-order valence-electron chi connectivity index (χ1n) is 10.2. The molecule has 30 heavy (non-hydrogen) atoms. The Morgan fingerprint density at radius 3 is 2.37 bits per heavy atom. The normalized spacial score (nSPS) is 14.6. The Balaban J connectivity index is 1.80. The molecule has 160 valence electrons. The van der Waals surface area contributed by atoms with Crippen molar-refractivity contribution in [3.05, 3.63) is 36.0 Å². The van der Waals surface area contributed by atoms with E-state index in [1.165, 1.54) is 19.0 Å². The van der Waals surface area contributed by atoms with Gasteiger partial charge in [0.1, 0.15) is 17.4 Å². The van der Waals surface area contributed by atoms with Crippen molar-refractivity contribution in [2.45, 2.75) is 39.2 Å². The maximum Gasteiger partial charge on any atom is 0.254 e. The van der Waals surface area contributed by atoms with Crippen LogP contribution in [0.15, 0.2) is 30.5 Å². The highest BCUT2D eigenvalue weighted by molar-refractivity contribution is 5.98. The lowest BCUT2D eigenvalue weighted by molar-refractivity contribution is -0.119. The Hall–Kier alpha value is -3.36. The first-order valence-corrected chi connectivity index (χ1v) is 10.2. The van der Waals surface area contributed by atoms with E-state index in [1.54, 1.807) is 0 Å². The predicted molar refractivity (Wildman–Crippen MR) is 118 cm³/mol. The van der Waals surface area contributed by atoms with Gasteiger partial charge in [-0.2, -0.15) is 4.98 Å². The monoisotopic (exact) mass is 411 g/mol. The van der Waals surface area contributed by atoms with Crippen molar-refractivity contribution in [1.82, 2.24) is 9.97 Å². The summed E-state index contributed by atoms with van der Waals surface area (Å²) < 4.78 is 0. The number of hydrogen-bond acceptors (Lipinski definition) is 7. The highest BCUT2D eigenvalue weighted by Crippen LogP contribution is 2.25. The van der Waals surface area contributed by atoms with Gasteiger partial charge in [-0.3, -0.25) is 9.59 Å². The van der Waals surface area contributed by atoms with Gasteiger partial charge in [0, 0.05) is 30.7 Å². The van der Waals surface area contributed by atoms with Crippen molar-refractivity contribution in [1.29, 1.82) is 0 Å². The van der Waals surface area contributed by atoms with Crippen LogP contribution in [0.3, 0.4) is 0 Å². The number of benzene rings is 1. The fraction of sp³-hybridized carbons (Fsp3) is 0.429. The molecule has 9 heteroatoms. The van der Waals surface area contributed by atoms with Gasteiger partial charge >= 0.3 is 0 Å². The number of primary amides is 2. The van der Waals surface area contributed by atoms with Crippen LogP contribution in [0.2, 0.25) is 0 Å². The molecule has 0 bridgehead atoms. The van der Waals surface area contributed by atoms with Gasteiger partial charge in [-0.05, 0) is 49.4 Å². The van der Waals surface area contributed by atoms with Crippen LogP contribution in [-0.4, -0.2) is 40.9 Å². The Morgan fingerprint density at radius 2 is 1.80 bits per heavy atom. The summed E-state index contributed by atoms with van der Waals surface area (Å²) >= 11 is 0. The summed E-state index contributed by atoms with van der Waals surface area (Å²) in [6, 6.07) is 7.31. The third-order valence-corrected chi connectivity index (χ3v) is 5.01. The van der Waals surface area contributed by atoms with E-state index in [9.17, 15) is 9.59 Å². The van der Waals surface area contributed by atoms with Crippen molar-refractivity contribution in [3.8, 4) is 0 Å². The largest absolute Gasteiger partial charge is 0.372 e. The number of hydrogen-bond donors (Lipinski definition) is 4. The van der Waals surface area contributed by atoms with Crippen molar-refractivity contribution in [2.75, 3.05) is 28.6 Å². The lowest BCUT2D eigenvalue weighted by Gasteiger charge is -2.19. The third-order valence-electron chi connectivity index (χ3n) is 5.01. The minimum absolute atomic E-state index is 0.156. The summed E-state index contributed by atoms with van der Waals surface area (Å²) in [5.74, 6) is -0.418. The number of anilines is 4. The zero-order valence-electron chi connectivity index (χ0n) is 17.4. The highest BCUT2D eigenvalue weighted by Gasteiger charge is 2.20. The molecule has 1 saturated heterocycles. The van der Waals surface area contributed by atoms with E-state index in [-0.39, 0.29) is 23.2 Å². The molecule has 2 heterocycles. The summed E-state index contributed by atoms with van der Waals surface area (Å²) in [5, 5.41) is 6.08. The molecule has 6 N–H and O–H groups in total. The molecule has 2 amide bonds. The Labute approximate surface area is 176 Å². The van der Waals surface area contributed by atoms with E-state index in [4.69, 9.17) is 11.5 Å². The highest BCUT2D eigenvalue weighted by atomic mass is 16.1. The number of aromatic nitrogens is 2. The lowest BCUT2D eigenvalue weighted by Crippen LogP contribution is -2.37. The lowest BCUT2D eigenvalue weighted by atomic mass is 10.0. The summed E-state index contributed by atoms with van der Waals surface area (Å²) in [5.41, 5.74) is 13.1. The molecule has 1 aliphatic heterocycles. The SMILES string of the molecule is CC(C)CC(Nc1ncc(C(N)=O)c(Nc2ccc(N3CCCC3)cc2)n1)C(N)=O. The topological polar surface area (TPSA) is 139 Å². The van der Waals surface area contributed by atoms with E-state index >= 15 is 0 Å². The van der Waals surface area contributed by atoms with Crippen molar-refractivity contribution in [2.24, 2.45) is 17.4 Å². The number of rotatable bonds is 9. The van der Waals surface area contributed by atoms with Gasteiger partial charge in [0.05, 0.1) is 0 Å². The van der Waals surface area contributed by atoms with Crippen LogP contribution in [0.1, 0.15) is 43.5 Å². The molecular formula is C21H29N7O2. The molecule has 0 spiro atoms. The maximum atomic E-state index is 11.8. The number of nitrogens with two attached hydrogens (primary N) is 2. The minimum atomic E-state index is -0.647. The van der Waals surface area contributed by atoms with E-state index in [0.29, 0.717) is 6.42 Å². The van der Waals surface area contributed by atoms with Gasteiger partial charge in [0.2, 0.25) is 11.9 Å². The first-order chi connectivity index (χ1) is 14.3. The van der Waals surface area contributed by atoms with E-state index < -0.39 is 17.9 Å². The second kappa shape index (κ2) is 9.43. The van der Waals surface area contributed by atoms with Crippen molar-refractivity contribution < 1.29 is 9.59 Å². The third kappa shape index (κ3) is 5.37. The number of carbonyl (C=O) groups is 2. The number of nitrogens with one attached hydrogen (secondary N) is 2. The second-order valence-corrected chi connectivity index (χ2v) is 7.92. The average Bonchev–Trinajstić information content (AvgIpc) is 3.22. The first kappa shape index (κ1) is 21.4. The quantitative estimate of drug-likeness (QED) is 0.496. The van der Waals surface area contributed by atoms with Crippen LogP contribution >= 0.6 is 0 Å². The molecule has 1 aliphatic rings. The molecule has 2 aromatic rings. The fourth-order valence-electron chi connectivity index (χ4n) is 3.47. The Kier molecular flexibility index (Phi) is 6.71. The van der Waals surface area contributed by atoms with Crippen LogP contribution in [0, 0.1) is 5.92 Å². The Bertz CT molecular complexity index is 893. The van der Waals surface area contributed by atoms with Crippen LogP contribution in [0.5, 0.6) is 0 Å². The number of amides is 2. The average molecular weight is 412 g/mol. The maximum absolute atomic E-state index is 11.8. The molecule has 9 nitrogen and oxygen atoms in total. The van der Waals surface area contributed by atoms with Gasteiger partial charge in [-0.1, -0.05) is 13.8 Å². The second-order valence-electron chi connectivity index (χ2n) is 7.92. The van der Waals surface area contributed by atoms with Gasteiger partial charge in [-0.15, -0.1) is 0 Å². The summed E-state index contributed by atoms with van der Waals surface area (Å²) in [4.78, 5) is 34.4.